The lowest BCUT2D eigenvalue weighted by Crippen LogP contribution is -2.21. The lowest BCUT2D eigenvalue weighted by molar-refractivity contribution is 0.0520. The first kappa shape index (κ1) is 10.8. The Morgan fingerprint density at radius 1 is 1.47 bits per heavy atom. The number of aromatic nitrogens is 2. The summed E-state index contributed by atoms with van der Waals surface area (Å²) in [6.45, 7) is 3.26. The highest BCUT2D eigenvalue weighted by Gasteiger charge is 2.34. The van der Waals surface area contributed by atoms with Gasteiger partial charge < -0.3 is 9.30 Å². The maximum atomic E-state index is 11.6. The third kappa shape index (κ3) is 2.08. The van der Waals surface area contributed by atoms with Crippen LogP contribution in [0.3, 0.4) is 0 Å². The highest BCUT2D eigenvalue weighted by molar-refractivity contribution is 5.87. The van der Waals surface area contributed by atoms with E-state index in [0.29, 0.717) is 12.3 Å². The topological polar surface area (TPSA) is 44.1 Å². The van der Waals surface area contributed by atoms with Crippen LogP contribution < -0.4 is 0 Å². The third-order valence-corrected chi connectivity index (χ3v) is 3.80. The summed E-state index contributed by atoms with van der Waals surface area (Å²) >= 11 is 0. The normalized spacial score (nSPS) is 23.2. The first-order valence-electron chi connectivity index (χ1n) is 6.51. The molecule has 1 fully saturated rings. The summed E-state index contributed by atoms with van der Waals surface area (Å²) < 4.78 is 7.13. The molecule has 1 unspecified atom stereocenters. The van der Waals surface area contributed by atoms with Gasteiger partial charge in [-0.15, -0.1) is 0 Å². The standard InChI is InChI=1S/C13H18N2O2/c1-2-17-13(16)11-8-15-7-10(9-3-4-9)5-6-12(15)14-11/h8-10H,2-7H2,1H3. The van der Waals surface area contributed by atoms with E-state index in [1.165, 1.54) is 19.3 Å². The van der Waals surface area contributed by atoms with Crippen molar-refractivity contribution in [2.24, 2.45) is 11.8 Å². The molecule has 0 bridgehead atoms. The number of carbonyl (C=O) groups is 1. The van der Waals surface area contributed by atoms with Crippen molar-refractivity contribution in [1.29, 1.82) is 0 Å². The average molecular weight is 234 g/mol. The summed E-state index contributed by atoms with van der Waals surface area (Å²) in [5.41, 5.74) is 0.471. The van der Waals surface area contributed by atoms with Gasteiger partial charge in [-0.2, -0.15) is 0 Å². The molecule has 0 amide bonds. The zero-order chi connectivity index (χ0) is 11.8. The molecule has 1 atom stereocenters. The van der Waals surface area contributed by atoms with Gasteiger partial charge in [-0.25, -0.2) is 9.78 Å². The SMILES string of the molecule is CCOC(=O)c1cn2c(n1)CCC(C1CC1)C2. The van der Waals surface area contributed by atoms with Crippen LogP contribution >= 0.6 is 0 Å². The Labute approximate surface area is 101 Å². The van der Waals surface area contributed by atoms with E-state index in [0.717, 1.165) is 30.6 Å². The summed E-state index contributed by atoms with van der Waals surface area (Å²) in [5, 5.41) is 0. The van der Waals surface area contributed by atoms with Crippen LogP contribution in [0.2, 0.25) is 0 Å². The minimum Gasteiger partial charge on any atom is -0.461 e. The molecule has 1 saturated carbocycles. The van der Waals surface area contributed by atoms with E-state index in [4.69, 9.17) is 4.74 Å². The number of hydrogen-bond donors (Lipinski definition) is 0. The number of nitrogens with zero attached hydrogens (tertiary/aromatic N) is 2. The third-order valence-electron chi connectivity index (χ3n) is 3.80. The average Bonchev–Trinajstić information content (AvgIpc) is 3.08. The number of carbonyl (C=O) groups excluding carboxylic acids is 1. The van der Waals surface area contributed by atoms with Crippen molar-refractivity contribution in [2.75, 3.05) is 6.61 Å². The van der Waals surface area contributed by atoms with Crippen molar-refractivity contribution in [3.05, 3.63) is 17.7 Å². The summed E-state index contributed by atoms with van der Waals surface area (Å²) in [4.78, 5) is 16.0. The first-order valence-corrected chi connectivity index (χ1v) is 6.51. The Balaban J connectivity index is 1.76. The van der Waals surface area contributed by atoms with Gasteiger partial charge in [-0.1, -0.05) is 0 Å². The fourth-order valence-corrected chi connectivity index (χ4v) is 2.73. The van der Waals surface area contributed by atoms with Gasteiger partial charge in [-0.05, 0) is 38.0 Å². The van der Waals surface area contributed by atoms with Crippen LogP contribution in [-0.2, 0) is 17.7 Å². The second kappa shape index (κ2) is 4.17. The summed E-state index contributed by atoms with van der Waals surface area (Å²) in [6.07, 6.45) is 6.87. The van der Waals surface area contributed by atoms with E-state index in [2.05, 4.69) is 9.55 Å². The maximum absolute atomic E-state index is 11.6. The molecule has 1 aliphatic heterocycles. The van der Waals surface area contributed by atoms with E-state index in [1.807, 2.05) is 13.1 Å². The highest BCUT2D eigenvalue weighted by atomic mass is 16.5. The largest absolute Gasteiger partial charge is 0.461 e. The van der Waals surface area contributed by atoms with Crippen molar-refractivity contribution < 1.29 is 9.53 Å². The smallest absolute Gasteiger partial charge is 0.358 e. The molecule has 1 aliphatic carbocycles. The number of ether oxygens (including phenoxy) is 1. The van der Waals surface area contributed by atoms with Gasteiger partial charge in [0.15, 0.2) is 5.69 Å². The second-order valence-corrected chi connectivity index (χ2v) is 5.05. The van der Waals surface area contributed by atoms with Crippen LogP contribution in [0.5, 0.6) is 0 Å². The molecular formula is C13H18N2O2. The van der Waals surface area contributed by atoms with Gasteiger partial charge in [-0.3, -0.25) is 0 Å². The molecule has 3 rings (SSSR count). The van der Waals surface area contributed by atoms with Gasteiger partial charge in [0.05, 0.1) is 6.61 Å². The summed E-state index contributed by atoms with van der Waals surface area (Å²) in [5.74, 6) is 2.48. The minimum absolute atomic E-state index is 0.294. The molecule has 92 valence electrons. The zero-order valence-electron chi connectivity index (χ0n) is 10.2. The lowest BCUT2D eigenvalue weighted by Gasteiger charge is -2.23. The number of rotatable bonds is 3. The van der Waals surface area contributed by atoms with Crippen molar-refractivity contribution in [3.63, 3.8) is 0 Å². The zero-order valence-corrected chi connectivity index (χ0v) is 10.2. The molecular weight excluding hydrogens is 216 g/mol. The molecule has 0 aromatic carbocycles. The predicted octanol–water partition coefficient (Wildman–Crippen LogP) is 2.03. The Morgan fingerprint density at radius 3 is 3.00 bits per heavy atom. The van der Waals surface area contributed by atoms with E-state index in [-0.39, 0.29) is 5.97 Å². The Hall–Kier alpha value is -1.32. The molecule has 2 heterocycles. The Kier molecular flexibility index (Phi) is 2.65. The van der Waals surface area contributed by atoms with Crippen LogP contribution in [0.15, 0.2) is 6.20 Å². The Bertz CT molecular complexity index is 435. The van der Waals surface area contributed by atoms with E-state index in [1.54, 1.807) is 0 Å². The molecule has 0 radical (unpaired) electrons. The molecule has 1 aromatic rings. The van der Waals surface area contributed by atoms with E-state index in [9.17, 15) is 4.79 Å². The highest BCUT2D eigenvalue weighted by Crippen LogP contribution is 2.41. The molecule has 4 nitrogen and oxygen atoms in total. The van der Waals surface area contributed by atoms with Gasteiger partial charge in [0, 0.05) is 19.2 Å². The van der Waals surface area contributed by atoms with Gasteiger partial charge >= 0.3 is 5.97 Å². The number of hydrogen-bond acceptors (Lipinski definition) is 3. The van der Waals surface area contributed by atoms with Crippen LogP contribution in [0.25, 0.3) is 0 Å². The Morgan fingerprint density at radius 2 is 2.29 bits per heavy atom. The van der Waals surface area contributed by atoms with Crippen molar-refractivity contribution >= 4 is 5.97 Å². The molecule has 0 spiro atoms. The van der Waals surface area contributed by atoms with E-state index >= 15 is 0 Å². The summed E-state index contributed by atoms with van der Waals surface area (Å²) in [6, 6.07) is 0. The lowest BCUT2D eigenvalue weighted by atomic mass is 9.95. The first-order chi connectivity index (χ1) is 8.28. The maximum Gasteiger partial charge on any atom is 0.358 e. The minimum atomic E-state index is -0.294. The van der Waals surface area contributed by atoms with Gasteiger partial charge in [0.1, 0.15) is 5.82 Å². The number of fused-ring (bicyclic) bond motifs is 1. The van der Waals surface area contributed by atoms with Gasteiger partial charge in [0.2, 0.25) is 0 Å². The van der Waals surface area contributed by atoms with Crippen molar-refractivity contribution in [3.8, 4) is 0 Å². The van der Waals surface area contributed by atoms with Gasteiger partial charge in [0.25, 0.3) is 0 Å². The molecule has 0 saturated heterocycles. The second-order valence-electron chi connectivity index (χ2n) is 5.05. The van der Waals surface area contributed by atoms with Crippen LogP contribution in [0.4, 0.5) is 0 Å². The van der Waals surface area contributed by atoms with Crippen LogP contribution in [-0.4, -0.2) is 22.1 Å². The molecule has 17 heavy (non-hydrogen) atoms. The molecule has 0 N–H and O–H groups in total. The quantitative estimate of drug-likeness (QED) is 0.752. The van der Waals surface area contributed by atoms with Crippen LogP contribution in [0, 0.1) is 11.8 Å². The van der Waals surface area contributed by atoms with Crippen molar-refractivity contribution in [2.45, 2.75) is 39.2 Å². The van der Waals surface area contributed by atoms with E-state index < -0.39 is 0 Å². The predicted molar refractivity (Wildman–Crippen MR) is 62.7 cm³/mol. The number of imidazole rings is 1. The molecule has 1 aromatic heterocycles. The van der Waals surface area contributed by atoms with Crippen LogP contribution in [0.1, 0.15) is 42.5 Å². The molecule has 4 heteroatoms. The fourth-order valence-electron chi connectivity index (χ4n) is 2.73. The monoisotopic (exact) mass is 234 g/mol. The molecule has 2 aliphatic rings. The van der Waals surface area contributed by atoms with Crippen molar-refractivity contribution in [1.82, 2.24) is 9.55 Å². The fraction of sp³-hybridized carbons (Fsp3) is 0.692. The summed E-state index contributed by atoms with van der Waals surface area (Å²) in [7, 11) is 0. The number of aryl methyl sites for hydroxylation is 1. The number of esters is 1.